The summed E-state index contributed by atoms with van der Waals surface area (Å²) in [6.45, 7) is 2.14. The van der Waals surface area contributed by atoms with Gasteiger partial charge in [0.2, 0.25) is 0 Å². The molecule has 10 rings (SSSR count). The van der Waals surface area contributed by atoms with Gasteiger partial charge in [-0.1, -0.05) is 109 Å². The third kappa shape index (κ3) is 12.0. The lowest BCUT2D eigenvalue weighted by molar-refractivity contribution is -0.104. The predicted molar refractivity (Wildman–Crippen MR) is 305 cm³/mol. The Hall–Kier alpha value is -8.17. The molecule has 2 aliphatic rings. The third-order valence-corrected chi connectivity index (χ3v) is 16.1. The molecule has 20 nitrogen and oxygen atoms in total. The monoisotopic (exact) mass is 1150 g/mol. The van der Waals surface area contributed by atoms with E-state index in [1.54, 1.807) is 59.6 Å². The molecule has 0 bridgehead atoms. The van der Waals surface area contributed by atoms with Crippen molar-refractivity contribution in [3.63, 3.8) is 0 Å². The summed E-state index contributed by atoms with van der Waals surface area (Å²) in [5, 5.41) is 0. The molecule has 83 heavy (non-hydrogen) atoms. The van der Waals surface area contributed by atoms with Gasteiger partial charge >= 0.3 is 19.2 Å². The molecule has 0 amide bonds. The number of aromatic nitrogens is 4. The number of nitrogens with one attached hydrogen (secondary N) is 2. The Kier molecular flexibility index (Phi) is 17.3. The van der Waals surface area contributed by atoms with Crippen molar-refractivity contribution in [1.82, 2.24) is 19.1 Å². The number of phosphoric acid groups is 1. The molecule has 2 aromatic heterocycles. The second-order valence-electron chi connectivity index (χ2n) is 20.1. The highest BCUT2D eigenvalue weighted by molar-refractivity contribution is 7.47. The van der Waals surface area contributed by atoms with E-state index in [-0.39, 0.29) is 30.6 Å². The van der Waals surface area contributed by atoms with Crippen LogP contribution in [0.5, 0.6) is 23.0 Å². The van der Waals surface area contributed by atoms with Crippen LogP contribution in [0.2, 0.25) is 0 Å². The van der Waals surface area contributed by atoms with Crippen molar-refractivity contribution in [2.75, 3.05) is 41.7 Å². The Labute approximate surface area is 477 Å². The highest BCUT2D eigenvalue weighted by Crippen LogP contribution is 2.51. The summed E-state index contributed by atoms with van der Waals surface area (Å²) in [5.41, 5.74) is -0.938. The number of benzene rings is 6. The molecule has 0 radical (unpaired) electrons. The quantitative estimate of drug-likeness (QED) is 0.0428. The van der Waals surface area contributed by atoms with Gasteiger partial charge in [-0.05, 0) is 95.8 Å². The van der Waals surface area contributed by atoms with Crippen molar-refractivity contribution in [3.05, 3.63) is 256 Å². The van der Waals surface area contributed by atoms with E-state index in [2.05, 4.69) is 9.97 Å². The van der Waals surface area contributed by atoms with Crippen molar-refractivity contribution in [1.29, 1.82) is 0 Å². The summed E-state index contributed by atoms with van der Waals surface area (Å²) >= 11 is 0. The van der Waals surface area contributed by atoms with Crippen molar-refractivity contribution in [3.8, 4) is 23.0 Å². The first-order valence-corrected chi connectivity index (χ1v) is 28.2. The summed E-state index contributed by atoms with van der Waals surface area (Å²) in [5.74, 6) is 2.38. The zero-order valence-corrected chi connectivity index (χ0v) is 47.3. The average molecular weight is 1150 g/mol. The molecular formula is C62H63N4O16P. The summed E-state index contributed by atoms with van der Waals surface area (Å²) < 4.78 is 79.4. The summed E-state index contributed by atoms with van der Waals surface area (Å²) in [6.07, 6.45) is -4.41. The van der Waals surface area contributed by atoms with Gasteiger partial charge in [-0.15, -0.1) is 0 Å². The van der Waals surface area contributed by atoms with Gasteiger partial charge in [-0.25, -0.2) is 14.2 Å². The van der Waals surface area contributed by atoms with Crippen LogP contribution < -0.4 is 41.4 Å². The Morgan fingerprint density at radius 3 is 1.25 bits per heavy atom. The first-order valence-electron chi connectivity index (χ1n) is 26.7. The van der Waals surface area contributed by atoms with E-state index in [4.69, 9.17) is 46.9 Å². The highest BCUT2D eigenvalue weighted by atomic mass is 31.2. The second-order valence-corrected chi connectivity index (χ2v) is 21.5. The predicted octanol–water partition coefficient (Wildman–Crippen LogP) is 8.20. The van der Waals surface area contributed by atoms with Crippen LogP contribution in [0, 0.1) is 13.8 Å². The van der Waals surface area contributed by atoms with Crippen molar-refractivity contribution < 1.29 is 56.4 Å². The molecule has 0 spiro atoms. The largest absolute Gasteiger partial charge is 0.497 e. The average Bonchev–Trinajstić information content (AvgIpc) is 3.66. The molecule has 0 aliphatic carbocycles. The number of phosphoric ester groups is 1. The van der Waals surface area contributed by atoms with Crippen LogP contribution in [0.1, 0.15) is 69.8 Å². The number of H-pyrrole nitrogens is 2. The van der Waals surface area contributed by atoms with Crippen molar-refractivity contribution >= 4 is 7.82 Å². The van der Waals surface area contributed by atoms with Crippen LogP contribution in [-0.4, -0.2) is 90.1 Å². The number of ether oxygens (including phenoxy) is 8. The van der Waals surface area contributed by atoms with E-state index in [9.17, 15) is 28.6 Å². The Morgan fingerprint density at radius 1 is 0.506 bits per heavy atom. The minimum atomic E-state index is -5.21. The zero-order chi connectivity index (χ0) is 58.5. The van der Waals surface area contributed by atoms with Crippen LogP contribution in [-0.2, 0) is 43.8 Å². The first-order chi connectivity index (χ1) is 40.1. The molecule has 2 aliphatic heterocycles. The van der Waals surface area contributed by atoms with Gasteiger partial charge in [0.15, 0.2) is 0 Å². The van der Waals surface area contributed by atoms with Crippen LogP contribution in [0.4, 0.5) is 0 Å². The maximum atomic E-state index is 14.8. The Balaban J connectivity index is 1.01. The van der Waals surface area contributed by atoms with Crippen LogP contribution >= 0.6 is 7.82 Å². The number of nitrogens with zero attached hydrogens (tertiary/aromatic N) is 2. The van der Waals surface area contributed by atoms with E-state index < -0.39 is 85.0 Å². The van der Waals surface area contributed by atoms with Crippen LogP contribution in [0.3, 0.4) is 0 Å². The third-order valence-electron chi connectivity index (χ3n) is 15.1. The van der Waals surface area contributed by atoms with E-state index in [0.717, 1.165) is 0 Å². The topological polar surface area (TPSA) is 239 Å². The van der Waals surface area contributed by atoms with Gasteiger partial charge in [-0.3, -0.25) is 37.7 Å². The van der Waals surface area contributed by atoms with Crippen molar-refractivity contribution in [2.24, 2.45) is 0 Å². The fraction of sp³-hybridized carbons (Fsp3) is 0.290. The minimum absolute atomic E-state index is 0.0205. The smallest absolute Gasteiger partial charge is 0.472 e. The lowest BCUT2D eigenvalue weighted by Crippen LogP contribution is -2.41. The maximum Gasteiger partial charge on any atom is 0.472 e. The zero-order valence-electron chi connectivity index (χ0n) is 46.4. The van der Waals surface area contributed by atoms with E-state index in [1.165, 1.54) is 28.5 Å². The molecule has 1 unspecified atom stereocenters. The number of aryl methyl sites for hydroxylation is 2. The second kappa shape index (κ2) is 24.7. The van der Waals surface area contributed by atoms with Gasteiger partial charge in [0.05, 0.1) is 47.8 Å². The molecule has 432 valence electrons. The van der Waals surface area contributed by atoms with Gasteiger partial charge < -0.3 is 42.8 Å². The molecule has 21 heteroatoms. The van der Waals surface area contributed by atoms with E-state index >= 15 is 0 Å². The molecule has 4 heterocycles. The highest BCUT2D eigenvalue weighted by Gasteiger charge is 2.49. The van der Waals surface area contributed by atoms with Gasteiger partial charge in [0.1, 0.15) is 65.0 Å². The Bertz CT molecular complexity index is 3700. The lowest BCUT2D eigenvalue weighted by atomic mass is 9.79. The Morgan fingerprint density at radius 2 is 0.855 bits per heavy atom. The number of hydrogen-bond acceptors (Lipinski definition) is 15. The fourth-order valence-corrected chi connectivity index (χ4v) is 11.7. The number of rotatable bonds is 22. The van der Waals surface area contributed by atoms with E-state index in [0.29, 0.717) is 56.4 Å². The van der Waals surface area contributed by atoms with Gasteiger partial charge in [0, 0.05) is 36.4 Å². The van der Waals surface area contributed by atoms with Gasteiger partial charge in [0.25, 0.3) is 11.1 Å². The molecular weight excluding hydrogens is 1090 g/mol. The standard InChI is InChI=1S/C62H63N4O16P/c1-39-35-65(59(69)63-57(39)67)55-33-51(81-62(42-15-11-8-12-16-42,45-21-29-49(75-5)30-22-45)46-23-31-50(76-6)32-24-46)54(80-55)38-78-83(71,72)82-52-34-56(66-36-40(2)58(68)64-60(66)70)79-53(52)37-77-61(41-13-9-7-10-14-41,43-17-25-47(73-3)26-18-43)44-19-27-48(74-4)28-20-44/h7-32,35-36,51-56H,33-34,37-38H2,1-6H3,(H,71,72)(H,63,67,69)(H,64,68,70)/t51-,52-,53+,54+,55+,56+/m0/s1. The summed E-state index contributed by atoms with van der Waals surface area (Å²) in [6, 6.07) is 48.4. The maximum absolute atomic E-state index is 14.8. The van der Waals surface area contributed by atoms with Gasteiger partial charge in [-0.2, -0.15) is 0 Å². The lowest BCUT2D eigenvalue weighted by Gasteiger charge is -2.39. The molecule has 2 saturated heterocycles. The van der Waals surface area contributed by atoms with Crippen LogP contribution in [0.15, 0.2) is 189 Å². The van der Waals surface area contributed by atoms with Crippen molar-refractivity contribution in [2.45, 2.75) is 74.8 Å². The fourth-order valence-electron chi connectivity index (χ4n) is 10.8. The first kappa shape index (κ1) is 58.0. The SMILES string of the molecule is COc1ccc(C(OC[C@H]2O[C@@H](n3cc(C)c(=O)[nH]c3=O)C[C@@H]2OP(=O)(O)OC[C@H]2O[C@@H](n3cc(C)c(=O)[nH]c3=O)C[C@@H]2OC(c2ccccc2)(c2ccc(OC)cc2)c2ccc(OC)cc2)(c2ccccc2)c2ccc(OC)cc2)cc1. The number of aromatic amines is 2. The molecule has 6 aromatic carbocycles. The normalized spacial score (nSPS) is 19.7. The summed E-state index contributed by atoms with van der Waals surface area (Å²) in [7, 11) is 1.06. The van der Waals surface area contributed by atoms with Crippen LogP contribution in [0.25, 0.3) is 0 Å². The van der Waals surface area contributed by atoms with E-state index in [1.807, 2.05) is 133 Å². The molecule has 3 N–H and O–H groups in total. The number of methoxy groups -OCH3 is 4. The molecule has 2 fully saturated rings. The molecule has 7 atom stereocenters. The summed E-state index contributed by atoms with van der Waals surface area (Å²) in [4.78, 5) is 68.9. The molecule has 0 saturated carbocycles. The minimum Gasteiger partial charge on any atom is -0.497 e. The molecule has 8 aromatic rings. The number of hydrogen-bond donors (Lipinski definition) is 3.